The van der Waals surface area contributed by atoms with Crippen molar-refractivity contribution < 1.29 is 19.1 Å². The summed E-state index contributed by atoms with van der Waals surface area (Å²) in [4.78, 5) is 23.8. The molecule has 0 bridgehead atoms. The van der Waals surface area contributed by atoms with Crippen LogP contribution in [0.3, 0.4) is 0 Å². The monoisotopic (exact) mass is 280 g/mol. The van der Waals surface area contributed by atoms with E-state index in [1.165, 1.54) is 6.08 Å². The van der Waals surface area contributed by atoms with Crippen molar-refractivity contribution >= 4 is 12.1 Å². The summed E-state index contributed by atoms with van der Waals surface area (Å²) in [5.41, 5.74) is -0.952. The van der Waals surface area contributed by atoms with Crippen molar-refractivity contribution in [1.29, 1.82) is 5.26 Å². The lowest BCUT2D eigenvalue weighted by Gasteiger charge is -2.41. The highest BCUT2D eigenvalue weighted by molar-refractivity contribution is 5.88. The molecule has 1 aliphatic rings. The van der Waals surface area contributed by atoms with Gasteiger partial charge in [0.15, 0.2) is 0 Å². The standard InChI is InChI=1S/C14H20N2O4/c1-5-19-11(17)14(8-10(9-14)6-7-15)16-12(18)20-13(2,3)4/h6H,5,8-9H2,1-4H3,(H,16,18). The van der Waals surface area contributed by atoms with Crippen LogP contribution in [0.2, 0.25) is 0 Å². The molecule has 1 rings (SSSR count). The first kappa shape index (κ1) is 16.0. The summed E-state index contributed by atoms with van der Waals surface area (Å²) in [5, 5.41) is 11.2. The van der Waals surface area contributed by atoms with Crippen LogP contribution in [-0.4, -0.2) is 29.8 Å². The van der Waals surface area contributed by atoms with Crippen LogP contribution in [-0.2, 0) is 14.3 Å². The second-order valence-electron chi connectivity index (χ2n) is 5.71. The number of carbonyl (C=O) groups is 2. The van der Waals surface area contributed by atoms with E-state index >= 15 is 0 Å². The minimum atomic E-state index is -1.11. The van der Waals surface area contributed by atoms with Crippen molar-refractivity contribution in [2.24, 2.45) is 0 Å². The molecule has 110 valence electrons. The van der Waals surface area contributed by atoms with Gasteiger partial charge in [-0.3, -0.25) is 0 Å². The Balaban J connectivity index is 2.77. The van der Waals surface area contributed by atoms with Crippen molar-refractivity contribution in [2.75, 3.05) is 6.61 Å². The molecule has 1 amide bonds. The number of nitrogens with zero attached hydrogens (tertiary/aromatic N) is 1. The fourth-order valence-corrected chi connectivity index (χ4v) is 1.97. The van der Waals surface area contributed by atoms with Crippen molar-refractivity contribution in [3.63, 3.8) is 0 Å². The smallest absolute Gasteiger partial charge is 0.408 e. The number of amides is 1. The number of esters is 1. The normalized spacial score (nSPS) is 21.2. The summed E-state index contributed by atoms with van der Waals surface area (Å²) in [5.74, 6) is -0.499. The van der Waals surface area contributed by atoms with E-state index in [2.05, 4.69) is 5.32 Å². The SMILES string of the molecule is CCOC(=O)C1(NC(=O)OC(C)(C)C)CC(=CC#N)C1. The van der Waals surface area contributed by atoms with Gasteiger partial charge >= 0.3 is 12.1 Å². The molecule has 0 aromatic rings. The van der Waals surface area contributed by atoms with Gasteiger partial charge in [0.05, 0.1) is 12.7 Å². The average molecular weight is 280 g/mol. The number of ether oxygens (including phenoxy) is 2. The molecule has 1 N–H and O–H groups in total. The Kier molecular flexibility index (Phi) is 4.77. The molecule has 0 atom stereocenters. The van der Waals surface area contributed by atoms with E-state index in [4.69, 9.17) is 14.7 Å². The van der Waals surface area contributed by atoms with Crippen LogP contribution in [0.15, 0.2) is 11.6 Å². The van der Waals surface area contributed by atoms with Crippen molar-refractivity contribution in [3.05, 3.63) is 11.6 Å². The molecular formula is C14H20N2O4. The number of nitrogens with one attached hydrogen (secondary N) is 1. The zero-order valence-corrected chi connectivity index (χ0v) is 12.3. The summed E-state index contributed by atoms with van der Waals surface area (Å²) >= 11 is 0. The predicted molar refractivity (Wildman–Crippen MR) is 71.7 cm³/mol. The number of rotatable bonds is 3. The van der Waals surface area contributed by atoms with Gasteiger partial charge in [-0.1, -0.05) is 5.57 Å². The minimum Gasteiger partial charge on any atom is -0.464 e. The number of nitriles is 1. The first-order chi connectivity index (χ1) is 9.22. The summed E-state index contributed by atoms with van der Waals surface area (Å²) < 4.78 is 10.1. The van der Waals surface area contributed by atoms with Crippen LogP contribution < -0.4 is 5.32 Å². The molecular weight excluding hydrogens is 260 g/mol. The van der Waals surface area contributed by atoms with Gasteiger partial charge in [0.2, 0.25) is 0 Å². The van der Waals surface area contributed by atoms with Gasteiger partial charge in [-0.2, -0.15) is 5.26 Å². The Hall–Kier alpha value is -2.03. The topological polar surface area (TPSA) is 88.4 Å². The Morgan fingerprint density at radius 2 is 2.05 bits per heavy atom. The van der Waals surface area contributed by atoms with Gasteiger partial charge in [0, 0.05) is 18.9 Å². The molecule has 1 fully saturated rings. The molecule has 0 unspecified atom stereocenters. The summed E-state index contributed by atoms with van der Waals surface area (Å²) in [6.45, 7) is 7.15. The minimum absolute atomic E-state index is 0.230. The highest BCUT2D eigenvalue weighted by atomic mass is 16.6. The predicted octanol–water partition coefficient (Wildman–Crippen LogP) is 2.06. The van der Waals surface area contributed by atoms with Crippen molar-refractivity contribution in [1.82, 2.24) is 5.32 Å². The lowest BCUT2D eigenvalue weighted by Crippen LogP contribution is -2.61. The Bertz CT molecular complexity index is 461. The van der Waals surface area contributed by atoms with Gasteiger partial charge in [0.25, 0.3) is 0 Å². The first-order valence-corrected chi connectivity index (χ1v) is 6.48. The summed E-state index contributed by atoms with van der Waals surface area (Å²) in [7, 11) is 0. The Labute approximate surface area is 118 Å². The molecule has 0 radical (unpaired) electrons. The average Bonchev–Trinajstić information content (AvgIpc) is 2.23. The maximum absolute atomic E-state index is 12.0. The maximum Gasteiger partial charge on any atom is 0.408 e. The number of alkyl carbamates (subject to hydrolysis) is 1. The van der Waals surface area contributed by atoms with Crippen LogP contribution in [0.5, 0.6) is 0 Å². The molecule has 0 aliphatic heterocycles. The second-order valence-corrected chi connectivity index (χ2v) is 5.71. The molecule has 0 spiro atoms. The van der Waals surface area contributed by atoms with E-state index in [9.17, 15) is 9.59 Å². The van der Waals surface area contributed by atoms with Gasteiger partial charge in [0.1, 0.15) is 11.1 Å². The fraction of sp³-hybridized carbons (Fsp3) is 0.643. The largest absolute Gasteiger partial charge is 0.464 e. The Morgan fingerprint density at radius 3 is 2.50 bits per heavy atom. The Morgan fingerprint density at radius 1 is 1.45 bits per heavy atom. The fourth-order valence-electron chi connectivity index (χ4n) is 1.97. The van der Waals surface area contributed by atoms with Crippen LogP contribution in [0, 0.1) is 11.3 Å². The van der Waals surface area contributed by atoms with Gasteiger partial charge < -0.3 is 14.8 Å². The van der Waals surface area contributed by atoms with Crippen LogP contribution in [0.1, 0.15) is 40.5 Å². The first-order valence-electron chi connectivity index (χ1n) is 6.48. The van der Waals surface area contributed by atoms with Crippen molar-refractivity contribution in [2.45, 2.75) is 51.7 Å². The van der Waals surface area contributed by atoms with Gasteiger partial charge in [-0.15, -0.1) is 0 Å². The lowest BCUT2D eigenvalue weighted by atomic mass is 9.72. The van der Waals surface area contributed by atoms with Crippen molar-refractivity contribution in [3.8, 4) is 6.07 Å². The zero-order valence-electron chi connectivity index (χ0n) is 12.3. The van der Waals surface area contributed by atoms with E-state index in [1.54, 1.807) is 27.7 Å². The number of allylic oxidation sites excluding steroid dienone is 1. The second kappa shape index (κ2) is 5.95. The molecule has 0 aromatic heterocycles. The molecule has 1 aliphatic carbocycles. The summed E-state index contributed by atoms with van der Waals surface area (Å²) in [6.07, 6.45) is 1.27. The lowest BCUT2D eigenvalue weighted by molar-refractivity contribution is -0.153. The van der Waals surface area contributed by atoms with E-state index in [1.807, 2.05) is 6.07 Å². The number of hydrogen-bond acceptors (Lipinski definition) is 5. The van der Waals surface area contributed by atoms with E-state index in [0.717, 1.165) is 5.57 Å². The van der Waals surface area contributed by atoms with Gasteiger partial charge in [-0.05, 0) is 27.7 Å². The third kappa shape index (κ3) is 3.98. The molecule has 0 saturated heterocycles. The zero-order chi connectivity index (χ0) is 15.4. The third-order valence-electron chi connectivity index (χ3n) is 2.73. The quantitative estimate of drug-likeness (QED) is 0.631. The van der Waals surface area contributed by atoms with Crippen LogP contribution in [0.4, 0.5) is 4.79 Å². The van der Waals surface area contributed by atoms with Crippen LogP contribution >= 0.6 is 0 Å². The molecule has 1 saturated carbocycles. The third-order valence-corrected chi connectivity index (χ3v) is 2.73. The van der Waals surface area contributed by atoms with E-state index in [-0.39, 0.29) is 19.4 Å². The highest BCUT2D eigenvalue weighted by Gasteiger charge is 2.50. The number of carbonyl (C=O) groups excluding carboxylic acids is 2. The summed E-state index contributed by atoms with van der Waals surface area (Å²) in [6, 6.07) is 1.91. The van der Waals surface area contributed by atoms with E-state index in [0.29, 0.717) is 0 Å². The molecule has 0 aromatic carbocycles. The molecule has 20 heavy (non-hydrogen) atoms. The maximum atomic E-state index is 12.0. The molecule has 0 heterocycles. The molecule has 6 heteroatoms. The number of hydrogen-bond donors (Lipinski definition) is 1. The highest BCUT2D eigenvalue weighted by Crippen LogP contribution is 2.38. The molecule has 6 nitrogen and oxygen atoms in total. The van der Waals surface area contributed by atoms with Crippen LogP contribution in [0.25, 0.3) is 0 Å². The van der Waals surface area contributed by atoms with Gasteiger partial charge in [-0.25, -0.2) is 9.59 Å². The van der Waals surface area contributed by atoms with E-state index < -0.39 is 23.2 Å².